The zero-order valence-corrected chi connectivity index (χ0v) is 10.4. The van der Waals surface area contributed by atoms with Gasteiger partial charge in [-0.15, -0.1) is 0 Å². The third kappa shape index (κ3) is 2.04. The second-order valence-electron chi connectivity index (χ2n) is 2.49. The monoisotopic (exact) mass is 340 g/mol. The summed E-state index contributed by atoms with van der Waals surface area (Å²) in [6.45, 7) is 0. The lowest BCUT2D eigenvalue weighted by molar-refractivity contribution is 0.628. The lowest BCUT2D eigenvalue weighted by Gasteiger charge is -1.98. The van der Waals surface area contributed by atoms with Crippen molar-refractivity contribution in [2.24, 2.45) is 0 Å². The fourth-order valence-electron chi connectivity index (χ4n) is 0.978. The predicted octanol–water partition coefficient (Wildman–Crippen LogP) is 3.60. The molecule has 1 aromatic heterocycles. The Morgan fingerprint density at radius 2 is 2.21 bits per heavy atom. The Hall–Kier alpha value is -0.270. The van der Waals surface area contributed by atoms with Crippen molar-refractivity contribution in [3.05, 3.63) is 32.9 Å². The molecular formula is C8H3ClFIN2S. The van der Waals surface area contributed by atoms with Crippen molar-refractivity contribution in [1.82, 2.24) is 9.36 Å². The molecular weight excluding hydrogens is 338 g/mol. The SMILES string of the molecule is Fc1ccc(-c2nc(I)ns2)c(Cl)c1. The van der Waals surface area contributed by atoms with Gasteiger partial charge in [-0.2, -0.15) is 4.37 Å². The van der Waals surface area contributed by atoms with E-state index >= 15 is 0 Å². The third-order valence-electron chi connectivity index (χ3n) is 1.56. The van der Waals surface area contributed by atoms with Gasteiger partial charge in [-0.3, -0.25) is 0 Å². The summed E-state index contributed by atoms with van der Waals surface area (Å²) in [5.41, 5.74) is 0.716. The van der Waals surface area contributed by atoms with Crippen LogP contribution in [0.2, 0.25) is 5.02 Å². The highest BCUT2D eigenvalue weighted by molar-refractivity contribution is 14.1. The van der Waals surface area contributed by atoms with Gasteiger partial charge in [-0.1, -0.05) is 11.6 Å². The van der Waals surface area contributed by atoms with E-state index in [4.69, 9.17) is 11.6 Å². The average Bonchev–Trinajstić information content (AvgIpc) is 2.51. The summed E-state index contributed by atoms with van der Waals surface area (Å²) in [6.07, 6.45) is 0. The molecule has 6 heteroatoms. The lowest BCUT2D eigenvalue weighted by atomic mass is 10.2. The van der Waals surface area contributed by atoms with Gasteiger partial charge in [-0.25, -0.2) is 9.37 Å². The number of aromatic nitrogens is 2. The van der Waals surface area contributed by atoms with Gasteiger partial charge in [0, 0.05) is 28.2 Å². The summed E-state index contributed by atoms with van der Waals surface area (Å²) in [5.74, 6) is -0.349. The molecule has 0 radical (unpaired) electrons. The number of hydrogen-bond donors (Lipinski definition) is 0. The maximum absolute atomic E-state index is 12.7. The van der Waals surface area contributed by atoms with Gasteiger partial charge in [0.25, 0.3) is 0 Å². The molecule has 0 aliphatic carbocycles. The van der Waals surface area contributed by atoms with Gasteiger partial charge in [-0.05, 0) is 29.7 Å². The van der Waals surface area contributed by atoms with Crippen LogP contribution in [0.15, 0.2) is 18.2 Å². The predicted molar refractivity (Wildman–Crippen MR) is 63.0 cm³/mol. The number of rotatable bonds is 1. The van der Waals surface area contributed by atoms with E-state index in [0.717, 1.165) is 0 Å². The van der Waals surface area contributed by atoms with Gasteiger partial charge in [0.15, 0.2) is 0 Å². The van der Waals surface area contributed by atoms with Crippen LogP contribution in [0.1, 0.15) is 0 Å². The summed E-state index contributed by atoms with van der Waals surface area (Å²) < 4.78 is 17.4. The van der Waals surface area contributed by atoms with Crippen molar-refractivity contribution in [2.45, 2.75) is 0 Å². The van der Waals surface area contributed by atoms with Crippen LogP contribution in [0, 0.1) is 9.65 Å². The summed E-state index contributed by atoms with van der Waals surface area (Å²) >= 11 is 9.13. The molecule has 72 valence electrons. The van der Waals surface area contributed by atoms with Crippen molar-refractivity contribution in [1.29, 1.82) is 0 Å². The fraction of sp³-hybridized carbons (Fsp3) is 0. The third-order valence-corrected chi connectivity index (χ3v) is 3.43. The molecule has 2 rings (SSSR count). The zero-order chi connectivity index (χ0) is 10.1. The van der Waals surface area contributed by atoms with Crippen LogP contribution in [0.25, 0.3) is 10.6 Å². The summed E-state index contributed by atoms with van der Waals surface area (Å²) in [6, 6.07) is 4.23. The van der Waals surface area contributed by atoms with Crippen LogP contribution >= 0.6 is 45.7 Å². The van der Waals surface area contributed by atoms with Crippen LogP contribution in [0.3, 0.4) is 0 Å². The average molecular weight is 341 g/mol. The van der Waals surface area contributed by atoms with Crippen LogP contribution in [0.4, 0.5) is 4.39 Å². The number of nitrogens with zero attached hydrogens (tertiary/aromatic N) is 2. The maximum atomic E-state index is 12.7. The highest BCUT2D eigenvalue weighted by Gasteiger charge is 2.09. The fourth-order valence-corrected chi connectivity index (χ4v) is 2.60. The first kappa shape index (κ1) is 10.3. The van der Waals surface area contributed by atoms with Crippen LogP contribution in [-0.4, -0.2) is 9.36 Å². The van der Waals surface area contributed by atoms with Crippen molar-refractivity contribution in [3.8, 4) is 10.6 Å². The molecule has 0 bridgehead atoms. The minimum Gasteiger partial charge on any atom is -0.210 e. The van der Waals surface area contributed by atoms with E-state index in [-0.39, 0.29) is 5.82 Å². The molecule has 1 aromatic carbocycles. The van der Waals surface area contributed by atoms with E-state index in [9.17, 15) is 4.39 Å². The molecule has 0 unspecified atom stereocenters. The van der Waals surface area contributed by atoms with Gasteiger partial charge in [0.2, 0.25) is 3.83 Å². The molecule has 2 aromatic rings. The molecule has 0 amide bonds. The molecule has 0 aliphatic heterocycles. The molecule has 0 saturated heterocycles. The van der Waals surface area contributed by atoms with E-state index in [0.29, 0.717) is 19.4 Å². The zero-order valence-electron chi connectivity index (χ0n) is 6.67. The first-order chi connectivity index (χ1) is 6.66. The van der Waals surface area contributed by atoms with E-state index < -0.39 is 0 Å². The van der Waals surface area contributed by atoms with Crippen molar-refractivity contribution < 1.29 is 4.39 Å². The molecule has 2 nitrogen and oxygen atoms in total. The number of halogens is 3. The molecule has 0 fully saturated rings. The summed E-state index contributed by atoms with van der Waals surface area (Å²) in [5, 5.41) is 1.07. The minimum absolute atomic E-state index is 0.349. The van der Waals surface area contributed by atoms with Crippen molar-refractivity contribution in [3.63, 3.8) is 0 Å². The van der Waals surface area contributed by atoms with Crippen LogP contribution in [0.5, 0.6) is 0 Å². The first-order valence-electron chi connectivity index (χ1n) is 3.61. The smallest absolute Gasteiger partial charge is 0.203 e. The molecule has 0 N–H and O–H groups in total. The van der Waals surface area contributed by atoms with Gasteiger partial charge < -0.3 is 0 Å². The van der Waals surface area contributed by atoms with Crippen molar-refractivity contribution >= 4 is 45.7 Å². The molecule has 14 heavy (non-hydrogen) atoms. The Balaban J connectivity index is 2.52. The molecule has 0 aliphatic rings. The molecule has 0 saturated carbocycles. The topological polar surface area (TPSA) is 25.8 Å². The van der Waals surface area contributed by atoms with E-state index in [1.807, 2.05) is 22.6 Å². The Labute approximate surface area is 102 Å². The highest BCUT2D eigenvalue weighted by atomic mass is 127. The lowest BCUT2D eigenvalue weighted by Crippen LogP contribution is -1.81. The van der Waals surface area contributed by atoms with E-state index in [1.165, 1.54) is 23.7 Å². The van der Waals surface area contributed by atoms with Crippen LogP contribution in [-0.2, 0) is 0 Å². The standard InChI is InChI=1S/C8H3ClFIN2S/c9-6-3-4(10)1-2-5(6)7-12-8(11)13-14-7/h1-3H. The Kier molecular flexibility index (Phi) is 2.99. The number of benzene rings is 1. The van der Waals surface area contributed by atoms with E-state index in [2.05, 4.69) is 9.36 Å². The highest BCUT2D eigenvalue weighted by Crippen LogP contribution is 2.29. The van der Waals surface area contributed by atoms with Gasteiger partial charge in [0.1, 0.15) is 10.8 Å². The normalized spacial score (nSPS) is 10.5. The van der Waals surface area contributed by atoms with E-state index in [1.54, 1.807) is 6.07 Å². The van der Waals surface area contributed by atoms with Crippen molar-refractivity contribution in [2.75, 3.05) is 0 Å². The molecule has 1 heterocycles. The summed E-state index contributed by atoms with van der Waals surface area (Å²) in [4.78, 5) is 4.16. The molecule has 0 spiro atoms. The first-order valence-corrected chi connectivity index (χ1v) is 5.84. The van der Waals surface area contributed by atoms with Crippen LogP contribution < -0.4 is 0 Å². The summed E-state index contributed by atoms with van der Waals surface area (Å²) in [7, 11) is 0. The Morgan fingerprint density at radius 1 is 1.43 bits per heavy atom. The minimum atomic E-state index is -0.349. The van der Waals surface area contributed by atoms with Gasteiger partial charge >= 0.3 is 0 Å². The second-order valence-corrected chi connectivity index (χ2v) is 4.62. The Bertz CT molecular complexity index is 474. The second kappa shape index (κ2) is 4.08. The Morgan fingerprint density at radius 3 is 2.79 bits per heavy atom. The maximum Gasteiger partial charge on any atom is 0.203 e. The van der Waals surface area contributed by atoms with Gasteiger partial charge in [0.05, 0.1) is 5.02 Å². The molecule has 0 atom stereocenters. The number of hydrogen-bond acceptors (Lipinski definition) is 3. The largest absolute Gasteiger partial charge is 0.210 e. The quantitative estimate of drug-likeness (QED) is 0.741.